The maximum Gasteiger partial charge on any atom is 0.416 e. The number of alkyl halides is 3. The zero-order chi connectivity index (χ0) is 23.5. The number of methoxy groups -OCH3 is 2. The van der Waals surface area contributed by atoms with Crippen molar-refractivity contribution in [2.75, 3.05) is 32.7 Å². The quantitative estimate of drug-likeness (QED) is 0.512. The van der Waals surface area contributed by atoms with Gasteiger partial charge in [0.1, 0.15) is 0 Å². The molecule has 0 saturated carbocycles. The molecule has 170 valence electrons. The first-order valence-electron chi connectivity index (χ1n) is 9.46. The first-order valence-corrected chi connectivity index (χ1v) is 10.3. The number of benzene rings is 2. The van der Waals surface area contributed by atoms with E-state index >= 15 is 0 Å². The number of amides is 2. The maximum absolute atomic E-state index is 12.8. The molecule has 1 aliphatic rings. The molecule has 0 atom stereocenters. The van der Waals surface area contributed by atoms with Crippen molar-refractivity contribution in [3.63, 3.8) is 0 Å². The fourth-order valence-corrected chi connectivity index (χ4v) is 4.09. The normalized spacial score (nSPS) is 15.3. The number of ether oxygens (including phenoxy) is 2. The molecule has 1 heterocycles. The van der Waals surface area contributed by atoms with Gasteiger partial charge in [-0.1, -0.05) is 23.9 Å². The Labute approximate surface area is 187 Å². The standard InChI is InChI=1S/C22H21F3N2O4S/c1-27-16-11-14(20(28)26-12-19(30-2)31-3)6-9-17(16)32-18(21(27)29)10-13-4-7-15(8-5-13)22(23,24)25/h4-11,19H,12H2,1-3H3,(H,26,28). The highest BCUT2D eigenvalue weighted by Crippen LogP contribution is 2.42. The smallest absolute Gasteiger partial charge is 0.354 e. The summed E-state index contributed by atoms with van der Waals surface area (Å²) in [7, 11) is 4.51. The molecule has 0 fully saturated rings. The Kier molecular flexibility index (Phi) is 7.27. The largest absolute Gasteiger partial charge is 0.416 e. The Morgan fingerprint density at radius 1 is 1.16 bits per heavy atom. The summed E-state index contributed by atoms with van der Waals surface area (Å²) < 4.78 is 48.3. The van der Waals surface area contributed by atoms with Gasteiger partial charge in [0.05, 0.1) is 22.7 Å². The zero-order valence-corrected chi connectivity index (χ0v) is 18.3. The number of nitrogens with one attached hydrogen (secondary N) is 1. The van der Waals surface area contributed by atoms with Crippen molar-refractivity contribution < 1.29 is 32.2 Å². The highest BCUT2D eigenvalue weighted by Gasteiger charge is 2.30. The number of halogens is 3. The van der Waals surface area contributed by atoms with Crippen LogP contribution >= 0.6 is 11.8 Å². The van der Waals surface area contributed by atoms with E-state index < -0.39 is 18.0 Å². The van der Waals surface area contributed by atoms with Crippen LogP contribution in [0.2, 0.25) is 0 Å². The molecule has 0 spiro atoms. The van der Waals surface area contributed by atoms with Gasteiger partial charge in [-0.05, 0) is 42.0 Å². The zero-order valence-electron chi connectivity index (χ0n) is 17.5. The predicted octanol–water partition coefficient (Wildman–Crippen LogP) is 4.16. The van der Waals surface area contributed by atoms with Gasteiger partial charge in [0.25, 0.3) is 11.8 Å². The van der Waals surface area contributed by atoms with E-state index in [1.54, 1.807) is 31.3 Å². The van der Waals surface area contributed by atoms with Crippen molar-refractivity contribution in [1.82, 2.24) is 5.32 Å². The summed E-state index contributed by atoms with van der Waals surface area (Å²) in [6, 6.07) is 9.56. The fraction of sp³-hybridized carbons (Fsp3) is 0.273. The van der Waals surface area contributed by atoms with Crippen LogP contribution in [0.4, 0.5) is 18.9 Å². The van der Waals surface area contributed by atoms with Gasteiger partial charge in [0.2, 0.25) is 0 Å². The van der Waals surface area contributed by atoms with E-state index in [1.807, 2.05) is 0 Å². The van der Waals surface area contributed by atoms with E-state index in [-0.39, 0.29) is 18.4 Å². The van der Waals surface area contributed by atoms with Gasteiger partial charge >= 0.3 is 6.18 Å². The number of likely N-dealkylation sites (N-methyl/N-ethyl adjacent to an activating group) is 1. The first kappa shape index (κ1) is 23.8. The van der Waals surface area contributed by atoms with E-state index in [2.05, 4.69) is 5.32 Å². The van der Waals surface area contributed by atoms with E-state index in [1.165, 1.54) is 43.0 Å². The van der Waals surface area contributed by atoms with Gasteiger partial charge in [-0.3, -0.25) is 9.59 Å². The van der Waals surface area contributed by atoms with Gasteiger partial charge in [-0.2, -0.15) is 13.2 Å². The monoisotopic (exact) mass is 466 g/mol. The molecule has 1 aliphatic heterocycles. The van der Waals surface area contributed by atoms with Crippen molar-refractivity contribution in [1.29, 1.82) is 0 Å². The number of carbonyl (C=O) groups excluding carboxylic acids is 2. The van der Waals surface area contributed by atoms with E-state index in [9.17, 15) is 22.8 Å². The molecule has 0 radical (unpaired) electrons. The van der Waals surface area contributed by atoms with Gasteiger partial charge in [-0.15, -0.1) is 0 Å². The minimum atomic E-state index is -4.42. The molecule has 0 unspecified atom stereocenters. The summed E-state index contributed by atoms with van der Waals surface area (Å²) in [6.07, 6.45) is -3.45. The third-order valence-corrected chi connectivity index (χ3v) is 5.89. The lowest BCUT2D eigenvalue weighted by Gasteiger charge is -2.27. The average Bonchev–Trinajstić information content (AvgIpc) is 2.77. The topological polar surface area (TPSA) is 67.9 Å². The number of nitrogens with zero attached hydrogens (tertiary/aromatic N) is 1. The Bertz CT molecular complexity index is 1030. The molecule has 3 rings (SSSR count). The van der Waals surface area contributed by atoms with E-state index in [0.29, 0.717) is 21.7 Å². The highest BCUT2D eigenvalue weighted by molar-refractivity contribution is 8.04. The average molecular weight is 466 g/mol. The minimum absolute atomic E-state index is 0.159. The van der Waals surface area contributed by atoms with Crippen molar-refractivity contribution in [2.24, 2.45) is 0 Å². The van der Waals surface area contributed by atoms with Gasteiger partial charge in [0, 0.05) is 31.7 Å². The molecule has 0 saturated heterocycles. The Morgan fingerprint density at radius 2 is 1.81 bits per heavy atom. The fourth-order valence-electron chi connectivity index (χ4n) is 3.00. The lowest BCUT2D eigenvalue weighted by Crippen LogP contribution is -2.34. The molecule has 10 heteroatoms. The molecule has 1 N–H and O–H groups in total. The molecule has 0 aliphatic carbocycles. The molecule has 6 nitrogen and oxygen atoms in total. The SMILES string of the molecule is COC(CNC(=O)c1ccc2c(c1)N(C)C(=O)C(=Cc1ccc(C(F)(F)F)cc1)S2)OC. The van der Waals surface area contributed by atoms with Crippen LogP contribution in [0.5, 0.6) is 0 Å². The lowest BCUT2D eigenvalue weighted by molar-refractivity contribution is -0.137. The third kappa shape index (κ3) is 5.32. The van der Waals surface area contributed by atoms with Crippen LogP contribution in [-0.4, -0.2) is 45.9 Å². The second-order valence-corrected chi connectivity index (χ2v) is 7.97. The van der Waals surface area contributed by atoms with Crippen LogP contribution in [0, 0.1) is 0 Å². The molecule has 2 amide bonds. The number of rotatable bonds is 6. The summed E-state index contributed by atoms with van der Waals surface area (Å²) in [4.78, 5) is 27.8. The molecule has 32 heavy (non-hydrogen) atoms. The number of hydrogen-bond acceptors (Lipinski definition) is 5. The first-order chi connectivity index (χ1) is 15.1. The summed E-state index contributed by atoms with van der Waals surface area (Å²) in [5, 5.41) is 2.70. The summed E-state index contributed by atoms with van der Waals surface area (Å²) in [6.45, 7) is 0.159. The van der Waals surface area contributed by atoms with Crippen LogP contribution in [0.3, 0.4) is 0 Å². The van der Waals surface area contributed by atoms with Crippen LogP contribution in [0.1, 0.15) is 21.5 Å². The van der Waals surface area contributed by atoms with Crippen LogP contribution in [0.25, 0.3) is 6.08 Å². The summed E-state index contributed by atoms with van der Waals surface area (Å²) >= 11 is 1.20. The third-order valence-electron chi connectivity index (χ3n) is 4.81. The minimum Gasteiger partial charge on any atom is -0.354 e. The summed E-state index contributed by atoms with van der Waals surface area (Å²) in [5.74, 6) is -0.664. The molecule has 2 aromatic carbocycles. The van der Waals surface area contributed by atoms with Crippen LogP contribution in [0.15, 0.2) is 52.3 Å². The van der Waals surface area contributed by atoms with Crippen LogP contribution in [-0.2, 0) is 20.4 Å². The summed E-state index contributed by atoms with van der Waals surface area (Å²) in [5.41, 5.74) is 0.655. The Balaban J connectivity index is 1.80. The van der Waals surface area contributed by atoms with Crippen molar-refractivity contribution in [3.05, 3.63) is 64.1 Å². The van der Waals surface area contributed by atoms with Crippen molar-refractivity contribution >= 4 is 35.3 Å². The number of fused-ring (bicyclic) bond motifs is 1. The van der Waals surface area contributed by atoms with Gasteiger partial charge in [-0.25, -0.2) is 0 Å². The van der Waals surface area contributed by atoms with Gasteiger partial charge < -0.3 is 19.7 Å². The number of hydrogen-bond donors (Lipinski definition) is 1. The van der Waals surface area contributed by atoms with Crippen LogP contribution < -0.4 is 10.2 Å². The highest BCUT2D eigenvalue weighted by atomic mass is 32.2. The second-order valence-electron chi connectivity index (χ2n) is 6.89. The predicted molar refractivity (Wildman–Crippen MR) is 115 cm³/mol. The lowest BCUT2D eigenvalue weighted by atomic mass is 10.1. The molecular formula is C22H21F3N2O4S. The number of thioether (sulfide) groups is 1. The Hall–Kier alpha value is -2.82. The molecular weight excluding hydrogens is 445 g/mol. The van der Waals surface area contributed by atoms with E-state index in [0.717, 1.165) is 17.0 Å². The molecule has 0 aromatic heterocycles. The maximum atomic E-state index is 12.8. The van der Waals surface area contributed by atoms with Gasteiger partial charge in [0.15, 0.2) is 6.29 Å². The van der Waals surface area contributed by atoms with E-state index in [4.69, 9.17) is 9.47 Å². The Morgan fingerprint density at radius 3 is 2.41 bits per heavy atom. The van der Waals surface area contributed by atoms with Crippen molar-refractivity contribution in [2.45, 2.75) is 17.4 Å². The molecule has 0 bridgehead atoms. The molecule has 2 aromatic rings. The van der Waals surface area contributed by atoms with Crippen molar-refractivity contribution in [3.8, 4) is 0 Å². The second kappa shape index (κ2) is 9.76. The number of carbonyl (C=O) groups is 2. The number of anilines is 1.